The molecule has 0 aliphatic carbocycles. The minimum Gasteiger partial charge on any atom is -0.478 e. The van der Waals surface area contributed by atoms with Gasteiger partial charge in [0, 0.05) is 22.3 Å². The number of hydrogen-bond acceptors (Lipinski definition) is 5. The molecule has 8 heteroatoms. The van der Waals surface area contributed by atoms with Gasteiger partial charge in [0.15, 0.2) is 0 Å². The molecule has 152 valence electrons. The van der Waals surface area contributed by atoms with Crippen molar-refractivity contribution in [3.8, 4) is 10.4 Å². The summed E-state index contributed by atoms with van der Waals surface area (Å²) in [6, 6.07) is 10.2. The van der Waals surface area contributed by atoms with Crippen molar-refractivity contribution in [1.82, 2.24) is 4.98 Å². The van der Waals surface area contributed by atoms with Crippen molar-refractivity contribution in [3.05, 3.63) is 69.8 Å². The lowest BCUT2D eigenvalue weighted by atomic mass is 10.1. The molecule has 3 N–H and O–H groups in total. The molecule has 1 aromatic carbocycles. The lowest BCUT2D eigenvalue weighted by molar-refractivity contribution is 0.0699. The summed E-state index contributed by atoms with van der Waals surface area (Å²) in [6.45, 7) is 8.32. The fraction of sp³-hybridized carbons (Fsp3) is 0.143. The van der Waals surface area contributed by atoms with E-state index < -0.39 is 11.9 Å². The maximum atomic E-state index is 12.3. The number of aromatic nitrogens is 1. The molecule has 0 spiro atoms. The second-order valence-electron chi connectivity index (χ2n) is 5.31. The Hall–Kier alpha value is -3.03. The van der Waals surface area contributed by atoms with Gasteiger partial charge < -0.3 is 15.8 Å². The third kappa shape index (κ3) is 6.23. The van der Waals surface area contributed by atoms with Gasteiger partial charge >= 0.3 is 5.97 Å². The van der Waals surface area contributed by atoms with E-state index in [9.17, 15) is 14.7 Å². The summed E-state index contributed by atoms with van der Waals surface area (Å²) in [5, 5.41) is 19.9. The number of rotatable bonds is 4. The lowest BCUT2D eigenvalue weighted by Crippen LogP contribution is -2.14. The number of nitrogens with one attached hydrogen (secondary N) is 2. The molecule has 2 heterocycles. The van der Waals surface area contributed by atoms with E-state index in [4.69, 9.17) is 17.0 Å². The van der Waals surface area contributed by atoms with Gasteiger partial charge in [-0.05, 0) is 43.5 Å². The number of hydrogen-bond donors (Lipinski definition) is 3. The molecular formula is C21H22ClN3O3S. The quantitative estimate of drug-likeness (QED) is 0.439. The van der Waals surface area contributed by atoms with Gasteiger partial charge in [0.05, 0.1) is 16.1 Å². The minimum atomic E-state index is -1.11. The van der Waals surface area contributed by atoms with Gasteiger partial charge in [0.25, 0.3) is 5.91 Å². The van der Waals surface area contributed by atoms with Crippen LogP contribution in [0.4, 0.5) is 5.69 Å². The van der Waals surface area contributed by atoms with E-state index in [-0.39, 0.29) is 11.3 Å². The van der Waals surface area contributed by atoms with Gasteiger partial charge in [-0.25, -0.2) is 4.79 Å². The Kier molecular flexibility index (Phi) is 9.71. The molecule has 29 heavy (non-hydrogen) atoms. The number of carboxylic acids is 1. The molecule has 0 atom stereocenters. The monoisotopic (exact) mass is 431 g/mol. The molecule has 0 saturated heterocycles. The molecule has 3 rings (SSSR count). The predicted octanol–water partition coefficient (Wildman–Crippen LogP) is 6.01. The Morgan fingerprint density at radius 1 is 1.14 bits per heavy atom. The number of benzene rings is 1. The molecule has 6 nitrogen and oxygen atoms in total. The summed E-state index contributed by atoms with van der Waals surface area (Å²) in [4.78, 5) is 28.7. The fourth-order valence-corrected chi connectivity index (χ4v) is 3.40. The van der Waals surface area contributed by atoms with Gasteiger partial charge in [-0.2, -0.15) is 0 Å². The van der Waals surface area contributed by atoms with Gasteiger partial charge in [-0.3, -0.25) is 9.78 Å². The molecule has 0 saturated carbocycles. The molecular weight excluding hydrogens is 410 g/mol. The van der Waals surface area contributed by atoms with Gasteiger partial charge in [0.1, 0.15) is 5.56 Å². The van der Waals surface area contributed by atoms with Gasteiger partial charge in [-0.1, -0.05) is 37.6 Å². The Morgan fingerprint density at radius 2 is 1.76 bits per heavy atom. The van der Waals surface area contributed by atoms with Crippen LogP contribution in [0, 0.1) is 12.3 Å². The number of pyridine rings is 1. The highest BCUT2D eigenvalue weighted by atomic mass is 35.5. The van der Waals surface area contributed by atoms with E-state index in [2.05, 4.69) is 17.0 Å². The predicted molar refractivity (Wildman–Crippen MR) is 120 cm³/mol. The number of amides is 1. The summed E-state index contributed by atoms with van der Waals surface area (Å²) < 4.78 is 0. The van der Waals surface area contributed by atoms with E-state index in [1.807, 2.05) is 20.8 Å². The highest BCUT2D eigenvalue weighted by Gasteiger charge is 2.21. The zero-order valence-corrected chi connectivity index (χ0v) is 17.9. The topological polar surface area (TPSA) is 103 Å². The van der Waals surface area contributed by atoms with Crippen molar-refractivity contribution in [2.24, 2.45) is 0 Å². The largest absolute Gasteiger partial charge is 0.478 e. The second-order valence-corrected chi connectivity index (χ2v) is 6.62. The van der Waals surface area contributed by atoms with Crippen molar-refractivity contribution in [2.75, 3.05) is 5.32 Å². The molecule has 0 fully saturated rings. The highest BCUT2D eigenvalue weighted by molar-refractivity contribution is 7.14. The first kappa shape index (κ1) is 24.0. The van der Waals surface area contributed by atoms with Crippen molar-refractivity contribution >= 4 is 47.2 Å². The number of carboxylic acid groups (broad SMARTS) is 1. The SMILES string of the molecule is C=N.CC.Cc1ccc(C(=O)Nc2csc(-c3ccc(Cl)cc3)c2C(=O)O)cn1. The summed E-state index contributed by atoms with van der Waals surface area (Å²) >= 11 is 7.13. The van der Waals surface area contributed by atoms with Crippen LogP contribution in [0.15, 0.2) is 48.0 Å². The van der Waals surface area contributed by atoms with E-state index in [0.29, 0.717) is 15.5 Å². The number of thiophene rings is 1. The van der Waals surface area contributed by atoms with Crippen LogP contribution in [0.3, 0.4) is 0 Å². The highest BCUT2D eigenvalue weighted by Crippen LogP contribution is 2.36. The first-order chi connectivity index (χ1) is 14.0. The van der Waals surface area contributed by atoms with Crippen LogP contribution < -0.4 is 5.32 Å². The third-order valence-corrected chi connectivity index (χ3v) is 4.81. The zero-order chi connectivity index (χ0) is 22.0. The van der Waals surface area contributed by atoms with E-state index >= 15 is 0 Å². The number of aromatic carboxylic acids is 1. The Bertz CT molecular complexity index is 954. The van der Waals surface area contributed by atoms with Crippen molar-refractivity contribution in [1.29, 1.82) is 5.41 Å². The van der Waals surface area contributed by atoms with Crippen LogP contribution in [-0.2, 0) is 0 Å². The number of carbonyl (C=O) groups excluding carboxylic acids is 1. The maximum Gasteiger partial charge on any atom is 0.339 e. The van der Waals surface area contributed by atoms with Crippen molar-refractivity contribution in [2.45, 2.75) is 20.8 Å². The Labute approximate surface area is 178 Å². The van der Waals surface area contributed by atoms with Crippen LogP contribution in [-0.4, -0.2) is 28.7 Å². The lowest BCUT2D eigenvalue weighted by Gasteiger charge is -2.06. The van der Waals surface area contributed by atoms with E-state index in [1.165, 1.54) is 17.5 Å². The maximum absolute atomic E-state index is 12.3. The standard InChI is InChI=1S/C18H13ClN2O3S.C2H6.CH3N/c1-10-2-3-12(8-20-10)17(22)21-14-9-25-16(15(14)18(23)24)11-4-6-13(19)7-5-11;2*1-2/h2-9H,1H3,(H,21,22)(H,23,24);1-2H3;2H,1H2. The first-order valence-electron chi connectivity index (χ1n) is 8.66. The van der Waals surface area contributed by atoms with Crippen LogP contribution in [0.2, 0.25) is 5.02 Å². The van der Waals surface area contributed by atoms with Crippen LogP contribution in [0.1, 0.15) is 40.3 Å². The molecule has 0 radical (unpaired) electrons. The third-order valence-electron chi connectivity index (χ3n) is 3.53. The summed E-state index contributed by atoms with van der Waals surface area (Å²) in [6.07, 6.45) is 1.46. The molecule has 0 aliphatic rings. The van der Waals surface area contributed by atoms with E-state index in [0.717, 1.165) is 11.3 Å². The number of carbonyl (C=O) groups is 2. The van der Waals surface area contributed by atoms with E-state index in [1.54, 1.807) is 41.8 Å². The molecule has 0 unspecified atom stereocenters. The summed E-state index contributed by atoms with van der Waals surface area (Å²) in [5.41, 5.74) is 2.20. The minimum absolute atomic E-state index is 0.0562. The average molecular weight is 432 g/mol. The van der Waals surface area contributed by atoms with Crippen LogP contribution >= 0.6 is 22.9 Å². The summed E-state index contributed by atoms with van der Waals surface area (Å²) in [7, 11) is 0. The summed E-state index contributed by atoms with van der Waals surface area (Å²) in [5.74, 6) is -1.51. The van der Waals surface area contributed by atoms with Gasteiger partial charge in [0.2, 0.25) is 0 Å². The van der Waals surface area contributed by atoms with Crippen molar-refractivity contribution in [3.63, 3.8) is 0 Å². The molecule has 2 aromatic heterocycles. The second kappa shape index (κ2) is 11.7. The zero-order valence-electron chi connectivity index (χ0n) is 16.3. The number of aryl methyl sites for hydroxylation is 1. The normalized spacial score (nSPS) is 9.38. The average Bonchev–Trinajstić information content (AvgIpc) is 3.16. The molecule has 3 aromatic rings. The first-order valence-corrected chi connectivity index (χ1v) is 9.91. The number of halogens is 1. The smallest absolute Gasteiger partial charge is 0.339 e. The molecule has 0 bridgehead atoms. The Morgan fingerprint density at radius 3 is 2.28 bits per heavy atom. The van der Waals surface area contributed by atoms with Gasteiger partial charge in [-0.15, -0.1) is 11.3 Å². The number of anilines is 1. The van der Waals surface area contributed by atoms with Crippen LogP contribution in [0.25, 0.3) is 10.4 Å². The Balaban J connectivity index is 0.000000989. The molecule has 0 aliphatic heterocycles. The van der Waals surface area contributed by atoms with Crippen LogP contribution in [0.5, 0.6) is 0 Å². The fourth-order valence-electron chi connectivity index (χ4n) is 2.27. The van der Waals surface area contributed by atoms with Crippen molar-refractivity contribution < 1.29 is 14.7 Å². The molecule has 1 amide bonds. The number of nitrogens with zero attached hydrogens (tertiary/aromatic N) is 1.